The van der Waals surface area contributed by atoms with Gasteiger partial charge in [-0.1, -0.05) is 29.3 Å². The lowest BCUT2D eigenvalue weighted by molar-refractivity contribution is -0.136. The van der Waals surface area contributed by atoms with Gasteiger partial charge in [0.2, 0.25) is 0 Å². The lowest BCUT2D eigenvalue weighted by Crippen LogP contribution is -2.03. The second-order valence-electron chi connectivity index (χ2n) is 4.62. The molecule has 0 bridgehead atoms. The Kier molecular flexibility index (Phi) is 4.92. The van der Waals surface area contributed by atoms with E-state index in [1.165, 1.54) is 12.1 Å². The van der Waals surface area contributed by atoms with Gasteiger partial charge in [0.25, 0.3) is 0 Å². The highest BCUT2D eigenvalue weighted by molar-refractivity contribution is 6.32. The average molecular weight is 336 g/mol. The number of nitrogens with zero attached hydrogens (tertiary/aromatic N) is 1. The molecule has 0 aliphatic heterocycles. The zero-order valence-corrected chi connectivity index (χ0v) is 13.1. The number of rotatable bonds is 4. The van der Waals surface area contributed by atoms with Crippen LogP contribution in [-0.2, 0) is 11.2 Å². The molecule has 0 unspecified atom stereocenters. The monoisotopic (exact) mass is 335 g/mol. The minimum atomic E-state index is -0.939. The first kappa shape index (κ1) is 16.2. The van der Waals surface area contributed by atoms with Crippen LogP contribution in [0.4, 0.5) is 0 Å². The van der Waals surface area contributed by atoms with Crippen molar-refractivity contribution in [3.8, 4) is 17.6 Å². The third-order valence-electron chi connectivity index (χ3n) is 3.03. The number of ether oxygens (including phenoxy) is 1. The molecule has 2 aromatic rings. The fourth-order valence-corrected chi connectivity index (χ4v) is 2.45. The molecule has 0 fully saturated rings. The molecule has 0 spiro atoms. The van der Waals surface area contributed by atoms with Gasteiger partial charge in [-0.2, -0.15) is 5.26 Å². The molecule has 0 aliphatic carbocycles. The van der Waals surface area contributed by atoms with Crippen LogP contribution in [0.5, 0.6) is 11.5 Å². The number of halogens is 2. The first-order chi connectivity index (χ1) is 10.4. The van der Waals surface area contributed by atoms with Crippen LogP contribution in [0, 0.1) is 18.3 Å². The summed E-state index contributed by atoms with van der Waals surface area (Å²) in [6.45, 7) is 1.73. The summed E-state index contributed by atoms with van der Waals surface area (Å²) in [5.41, 5.74) is 1.60. The Balaban J connectivity index is 2.43. The second-order valence-corrected chi connectivity index (χ2v) is 5.46. The van der Waals surface area contributed by atoms with E-state index >= 15 is 0 Å². The van der Waals surface area contributed by atoms with E-state index in [0.717, 1.165) is 0 Å². The molecule has 2 aromatic carbocycles. The number of hydrogen-bond acceptors (Lipinski definition) is 3. The number of carboxylic acids is 1. The topological polar surface area (TPSA) is 70.3 Å². The molecule has 22 heavy (non-hydrogen) atoms. The quantitative estimate of drug-likeness (QED) is 0.886. The Labute approximate surface area is 137 Å². The van der Waals surface area contributed by atoms with Crippen LogP contribution < -0.4 is 4.74 Å². The standard InChI is InChI=1S/C16H11Cl2NO3/c1-9-11(6-15(20)21)2-3-14(18)16(9)22-13-5-10(8-19)4-12(17)7-13/h2-5,7H,6H2,1H3,(H,20,21). The Morgan fingerprint density at radius 1 is 1.32 bits per heavy atom. The van der Waals surface area contributed by atoms with Gasteiger partial charge in [-0.25, -0.2) is 0 Å². The molecular formula is C16H11Cl2NO3. The third-order valence-corrected chi connectivity index (χ3v) is 3.55. The predicted molar refractivity (Wildman–Crippen MR) is 83.8 cm³/mol. The van der Waals surface area contributed by atoms with Crippen LogP contribution in [0.15, 0.2) is 30.3 Å². The highest BCUT2D eigenvalue weighted by Crippen LogP contribution is 2.35. The second kappa shape index (κ2) is 6.69. The van der Waals surface area contributed by atoms with Gasteiger partial charge in [0.15, 0.2) is 0 Å². The molecule has 0 saturated heterocycles. The molecule has 0 radical (unpaired) electrons. The summed E-state index contributed by atoms with van der Waals surface area (Å²) in [5.74, 6) is -0.223. The van der Waals surface area contributed by atoms with Crippen molar-refractivity contribution in [3.63, 3.8) is 0 Å². The number of hydrogen-bond donors (Lipinski definition) is 1. The number of carbonyl (C=O) groups is 1. The Morgan fingerprint density at radius 2 is 2.05 bits per heavy atom. The van der Waals surface area contributed by atoms with Crippen molar-refractivity contribution in [3.05, 3.63) is 57.1 Å². The van der Waals surface area contributed by atoms with E-state index in [-0.39, 0.29) is 6.42 Å². The van der Waals surface area contributed by atoms with Crippen LogP contribution in [0.2, 0.25) is 10.0 Å². The maximum absolute atomic E-state index is 10.9. The largest absolute Gasteiger partial charge is 0.481 e. The molecule has 1 N–H and O–H groups in total. The van der Waals surface area contributed by atoms with E-state index in [2.05, 4.69) is 0 Å². The van der Waals surface area contributed by atoms with E-state index < -0.39 is 5.97 Å². The van der Waals surface area contributed by atoms with Gasteiger partial charge in [0.1, 0.15) is 11.5 Å². The van der Waals surface area contributed by atoms with Crippen molar-refractivity contribution in [1.29, 1.82) is 5.26 Å². The Morgan fingerprint density at radius 3 is 2.68 bits per heavy atom. The van der Waals surface area contributed by atoms with Crippen LogP contribution >= 0.6 is 23.2 Å². The van der Waals surface area contributed by atoms with Gasteiger partial charge in [0, 0.05) is 5.02 Å². The Bertz CT molecular complexity index is 782. The number of nitriles is 1. The lowest BCUT2D eigenvalue weighted by Gasteiger charge is -2.14. The molecule has 0 amide bonds. The highest BCUT2D eigenvalue weighted by Gasteiger charge is 2.14. The molecule has 4 nitrogen and oxygen atoms in total. The van der Waals surface area contributed by atoms with E-state index in [1.807, 2.05) is 6.07 Å². The predicted octanol–water partition coefficient (Wildman–Crippen LogP) is 4.59. The van der Waals surface area contributed by atoms with Crippen LogP contribution in [0.25, 0.3) is 0 Å². The number of aliphatic carboxylic acids is 1. The maximum Gasteiger partial charge on any atom is 0.307 e. The molecule has 112 valence electrons. The summed E-state index contributed by atoms with van der Waals surface area (Å²) < 4.78 is 5.73. The normalized spacial score (nSPS) is 10.1. The van der Waals surface area contributed by atoms with E-state index in [9.17, 15) is 4.79 Å². The molecule has 0 saturated carbocycles. The summed E-state index contributed by atoms with van der Waals surface area (Å²) in [4.78, 5) is 10.9. The summed E-state index contributed by atoms with van der Waals surface area (Å²) >= 11 is 12.1. The van der Waals surface area contributed by atoms with Gasteiger partial charge in [-0.3, -0.25) is 4.79 Å². The van der Waals surface area contributed by atoms with Crippen molar-refractivity contribution in [2.24, 2.45) is 0 Å². The minimum Gasteiger partial charge on any atom is -0.481 e. The van der Waals surface area contributed by atoms with Crippen molar-refractivity contribution in [2.75, 3.05) is 0 Å². The third kappa shape index (κ3) is 3.70. The molecular weight excluding hydrogens is 325 g/mol. The summed E-state index contributed by atoms with van der Waals surface area (Å²) in [6.07, 6.45) is -0.127. The molecule has 0 aromatic heterocycles. The first-order valence-corrected chi connectivity index (χ1v) is 7.04. The maximum atomic E-state index is 10.9. The zero-order chi connectivity index (χ0) is 16.3. The lowest BCUT2D eigenvalue weighted by atomic mass is 10.0. The van der Waals surface area contributed by atoms with Gasteiger partial charge < -0.3 is 9.84 Å². The van der Waals surface area contributed by atoms with Gasteiger partial charge in [-0.15, -0.1) is 0 Å². The number of carboxylic acid groups (broad SMARTS) is 1. The molecule has 0 heterocycles. The number of benzene rings is 2. The van der Waals surface area contributed by atoms with Crippen molar-refractivity contribution < 1.29 is 14.6 Å². The van der Waals surface area contributed by atoms with E-state index in [4.69, 9.17) is 38.3 Å². The fourth-order valence-electron chi connectivity index (χ4n) is 1.98. The Hall–Kier alpha value is -2.22. The van der Waals surface area contributed by atoms with Crippen LogP contribution in [-0.4, -0.2) is 11.1 Å². The minimum absolute atomic E-state index is 0.127. The molecule has 6 heteroatoms. The highest BCUT2D eigenvalue weighted by atomic mass is 35.5. The SMILES string of the molecule is Cc1c(CC(=O)O)ccc(Cl)c1Oc1cc(Cl)cc(C#N)c1. The average Bonchev–Trinajstić information content (AvgIpc) is 2.45. The van der Waals surface area contributed by atoms with Crippen LogP contribution in [0.1, 0.15) is 16.7 Å². The molecule has 0 aliphatic rings. The summed E-state index contributed by atoms with van der Waals surface area (Å²) in [6, 6.07) is 9.83. The smallest absolute Gasteiger partial charge is 0.307 e. The van der Waals surface area contributed by atoms with Gasteiger partial charge in [-0.05, 0) is 42.3 Å². The van der Waals surface area contributed by atoms with Crippen molar-refractivity contribution >= 4 is 29.2 Å². The fraction of sp³-hybridized carbons (Fsp3) is 0.125. The zero-order valence-electron chi connectivity index (χ0n) is 11.6. The van der Waals surface area contributed by atoms with E-state index in [0.29, 0.717) is 38.2 Å². The molecule has 0 atom stereocenters. The summed E-state index contributed by atoms with van der Waals surface area (Å²) in [7, 11) is 0. The van der Waals surface area contributed by atoms with Crippen molar-refractivity contribution in [1.82, 2.24) is 0 Å². The summed E-state index contributed by atoms with van der Waals surface area (Å²) in [5, 5.41) is 18.6. The first-order valence-electron chi connectivity index (χ1n) is 6.29. The van der Waals surface area contributed by atoms with Crippen molar-refractivity contribution in [2.45, 2.75) is 13.3 Å². The van der Waals surface area contributed by atoms with Gasteiger partial charge in [0.05, 0.1) is 23.1 Å². The molecule has 2 rings (SSSR count). The van der Waals surface area contributed by atoms with Gasteiger partial charge >= 0.3 is 5.97 Å². The van der Waals surface area contributed by atoms with Crippen LogP contribution in [0.3, 0.4) is 0 Å². The van der Waals surface area contributed by atoms with E-state index in [1.54, 1.807) is 25.1 Å².